The van der Waals surface area contributed by atoms with Crippen LogP contribution in [0, 0.1) is 0 Å². The molecule has 0 saturated carbocycles. The fraction of sp³-hybridized carbons (Fsp3) is 0.636. The quantitative estimate of drug-likeness (QED) is 0.795. The van der Waals surface area contributed by atoms with Crippen LogP contribution in [0.5, 0.6) is 0 Å². The molecule has 4 heterocycles. The maximum absolute atomic E-state index is 4.78. The fourth-order valence-corrected chi connectivity index (χ4v) is 4.41. The molecule has 4 rings (SSSR count). The molecule has 0 atom stereocenters. The number of pyridine rings is 1. The highest BCUT2D eigenvalue weighted by Crippen LogP contribution is 2.30. The van der Waals surface area contributed by atoms with Gasteiger partial charge in [0.2, 0.25) is 0 Å². The van der Waals surface area contributed by atoms with Gasteiger partial charge in [-0.25, -0.2) is 9.97 Å². The van der Waals surface area contributed by atoms with Crippen LogP contribution in [0.4, 0.5) is 5.82 Å². The Morgan fingerprint density at radius 3 is 2.39 bits per heavy atom. The van der Waals surface area contributed by atoms with E-state index in [0.717, 1.165) is 64.5 Å². The van der Waals surface area contributed by atoms with Gasteiger partial charge in [0.1, 0.15) is 11.6 Å². The summed E-state index contributed by atoms with van der Waals surface area (Å²) in [5, 5.41) is 0. The molecular weight excluding hydrogens is 348 g/mol. The molecule has 6 heteroatoms. The molecule has 0 bridgehead atoms. The molecule has 28 heavy (non-hydrogen) atoms. The number of nitrogens with zero attached hydrogens (tertiary/aromatic N) is 6. The molecule has 0 N–H and O–H groups in total. The van der Waals surface area contributed by atoms with Gasteiger partial charge < -0.3 is 14.4 Å². The Balaban J connectivity index is 1.31. The highest BCUT2D eigenvalue weighted by molar-refractivity contribution is 5.40. The van der Waals surface area contributed by atoms with Crippen LogP contribution in [0.15, 0.2) is 30.7 Å². The molecule has 0 unspecified atom stereocenters. The second kappa shape index (κ2) is 8.62. The van der Waals surface area contributed by atoms with Gasteiger partial charge in [-0.1, -0.05) is 6.07 Å². The molecule has 2 aromatic rings. The maximum atomic E-state index is 4.78. The van der Waals surface area contributed by atoms with Crippen molar-refractivity contribution in [2.75, 3.05) is 51.2 Å². The lowest BCUT2D eigenvalue weighted by atomic mass is 9.95. The third kappa shape index (κ3) is 4.39. The predicted molar refractivity (Wildman–Crippen MR) is 114 cm³/mol. The maximum Gasteiger partial charge on any atom is 0.128 e. The molecule has 2 aliphatic rings. The molecule has 0 radical (unpaired) electrons. The van der Waals surface area contributed by atoms with Crippen molar-refractivity contribution < 1.29 is 0 Å². The van der Waals surface area contributed by atoms with Gasteiger partial charge in [0, 0.05) is 76.4 Å². The van der Waals surface area contributed by atoms with Gasteiger partial charge in [-0.3, -0.25) is 4.90 Å². The van der Waals surface area contributed by atoms with Crippen LogP contribution >= 0.6 is 0 Å². The third-order valence-corrected chi connectivity index (χ3v) is 6.25. The molecule has 0 amide bonds. The van der Waals surface area contributed by atoms with Crippen molar-refractivity contribution in [1.82, 2.24) is 24.3 Å². The van der Waals surface area contributed by atoms with E-state index >= 15 is 0 Å². The summed E-state index contributed by atoms with van der Waals surface area (Å²) in [5.74, 6) is 2.93. The first-order valence-electron chi connectivity index (χ1n) is 10.7. The second-order valence-electron chi connectivity index (χ2n) is 8.65. The van der Waals surface area contributed by atoms with Gasteiger partial charge in [-0.15, -0.1) is 0 Å². The Bertz CT molecular complexity index is 737. The zero-order chi connectivity index (χ0) is 19.5. The van der Waals surface area contributed by atoms with Crippen LogP contribution in [-0.4, -0.2) is 70.7 Å². The monoisotopic (exact) mass is 382 g/mol. The zero-order valence-electron chi connectivity index (χ0n) is 17.6. The summed E-state index contributed by atoms with van der Waals surface area (Å²) in [7, 11) is 2.20. The molecule has 2 aliphatic heterocycles. The molecule has 152 valence electrons. The van der Waals surface area contributed by atoms with Gasteiger partial charge in [-0.05, 0) is 45.4 Å². The highest BCUT2D eigenvalue weighted by Gasteiger charge is 2.25. The normalized spacial score (nSPS) is 20.2. The van der Waals surface area contributed by atoms with Crippen molar-refractivity contribution in [3.63, 3.8) is 0 Å². The minimum atomic E-state index is 0.477. The number of likely N-dealkylation sites (N-methyl/N-ethyl adjacent to an activating group) is 1. The van der Waals surface area contributed by atoms with E-state index in [1.54, 1.807) is 0 Å². The van der Waals surface area contributed by atoms with E-state index in [2.05, 4.69) is 69.7 Å². The van der Waals surface area contributed by atoms with E-state index in [4.69, 9.17) is 4.98 Å². The lowest BCUT2D eigenvalue weighted by Crippen LogP contribution is -2.43. The van der Waals surface area contributed by atoms with Crippen molar-refractivity contribution in [2.45, 2.75) is 45.2 Å². The number of hydrogen-bond acceptors (Lipinski definition) is 5. The summed E-state index contributed by atoms with van der Waals surface area (Å²) in [6.45, 7) is 12.2. The Kier molecular flexibility index (Phi) is 5.97. The first kappa shape index (κ1) is 19.4. The largest absolute Gasteiger partial charge is 0.357 e. The summed E-state index contributed by atoms with van der Waals surface area (Å²) in [4.78, 5) is 16.8. The van der Waals surface area contributed by atoms with Crippen LogP contribution < -0.4 is 4.90 Å². The lowest BCUT2D eigenvalue weighted by Gasteiger charge is -2.33. The summed E-state index contributed by atoms with van der Waals surface area (Å²) in [5.41, 5.74) is 1.32. The van der Waals surface area contributed by atoms with Crippen molar-refractivity contribution in [3.05, 3.63) is 42.1 Å². The molecule has 6 nitrogen and oxygen atoms in total. The summed E-state index contributed by atoms with van der Waals surface area (Å²) in [6, 6.07) is 4.95. The number of aromatic nitrogens is 3. The van der Waals surface area contributed by atoms with Gasteiger partial charge in [0.25, 0.3) is 0 Å². The van der Waals surface area contributed by atoms with Gasteiger partial charge in [-0.2, -0.15) is 0 Å². The standard InChI is InChI=1S/C22H34N6/c1-18(2)28-11-8-23-22(28)20-6-9-27(10-7-20)21-5-4-19(16-24-21)17-26-14-12-25(3)13-15-26/h4-5,8,11,16,18,20H,6-7,9-10,12-15,17H2,1-3H3. The topological polar surface area (TPSA) is 40.4 Å². The highest BCUT2D eigenvalue weighted by atomic mass is 15.2. The number of imidazole rings is 1. The Hall–Kier alpha value is -1.92. The van der Waals surface area contributed by atoms with Gasteiger partial charge >= 0.3 is 0 Å². The first-order chi connectivity index (χ1) is 13.6. The number of rotatable bonds is 5. The molecular formula is C22H34N6. The SMILES string of the molecule is CC(C)n1ccnc1C1CCN(c2ccc(CN3CCN(C)CC3)cn2)CC1. The smallest absolute Gasteiger partial charge is 0.128 e. The summed E-state index contributed by atoms with van der Waals surface area (Å²) >= 11 is 0. The van der Waals surface area contributed by atoms with Crippen molar-refractivity contribution in [2.24, 2.45) is 0 Å². The average Bonchev–Trinajstić information content (AvgIpc) is 3.21. The third-order valence-electron chi connectivity index (χ3n) is 6.25. The molecule has 2 aromatic heterocycles. The van der Waals surface area contributed by atoms with E-state index in [9.17, 15) is 0 Å². The first-order valence-corrected chi connectivity index (χ1v) is 10.7. The summed E-state index contributed by atoms with van der Waals surface area (Å²) in [6.07, 6.45) is 8.43. The Morgan fingerprint density at radius 1 is 1.00 bits per heavy atom. The zero-order valence-corrected chi connectivity index (χ0v) is 17.6. The molecule has 2 fully saturated rings. The van der Waals surface area contributed by atoms with Crippen LogP contribution in [0.1, 0.15) is 50.0 Å². The molecule has 0 aromatic carbocycles. The van der Waals surface area contributed by atoms with E-state index in [1.165, 1.54) is 11.4 Å². The van der Waals surface area contributed by atoms with E-state index in [-0.39, 0.29) is 0 Å². The van der Waals surface area contributed by atoms with E-state index in [0.29, 0.717) is 12.0 Å². The van der Waals surface area contributed by atoms with Crippen molar-refractivity contribution in [1.29, 1.82) is 0 Å². The number of piperidine rings is 1. The van der Waals surface area contributed by atoms with Crippen LogP contribution in [0.3, 0.4) is 0 Å². The van der Waals surface area contributed by atoms with Gasteiger partial charge in [0.15, 0.2) is 0 Å². The molecule has 0 aliphatic carbocycles. The van der Waals surface area contributed by atoms with Gasteiger partial charge in [0.05, 0.1) is 0 Å². The molecule has 0 spiro atoms. The number of anilines is 1. The fourth-order valence-electron chi connectivity index (χ4n) is 4.41. The Labute approximate surface area is 169 Å². The minimum absolute atomic E-state index is 0.477. The average molecular weight is 383 g/mol. The second-order valence-corrected chi connectivity index (χ2v) is 8.65. The van der Waals surface area contributed by atoms with E-state index in [1.807, 2.05) is 6.20 Å². The summed E-state index contributed by atoms with van der Waals surface area (Å²) < 4.78 is 2.33. The van der Waals surface area contributed by atoms with Crippen LogP contribution in [0.25, 0.3) is 0 Å². The van der Waals surface area contributed by atoms with Crippen LogP contribution in [-0.2, 0) is 6.54 Å². The van der Waals surface area contributed by atoms with Crippen LogP contribution in [0.2, 0.25) is 0 Å². The predicted octanol–water partition coefficient (Wildman–Crippen LogP) is 2.99. The number of piperazine rings is 1. The van der Waals surface area contributed by atoms with Crippen molar-refractivity contribution >= 4 is 5.82 Å². The lowest BCUT2D eigenvalue weighted by molar-refractivity contribution is 0.148. The minimum Gasteiger partial charge on any atom is -0.357 e. The molecule has 2 saturated heterocycles. The Morgan fingerprint density at radius 2 is 1.75 bits per heavy atom. The van der Waals surface area contributed by atoms with E-state index < -0.39 is 0 Å². The van der Waals surface area contributed by atoms with Crippen molar-refractivity contribution in [3.8, 4) is 0 Å². The number of hydrogen-bond donors (Lipinski definition) is 0.